The van der Waals surface area contributed by atoms with Crippen LogP contribution in [0.15, 0.2) is 23.1 Å². The Morgan fingerprint density at radius 2 is 2.17 bits per heavy atom. The number of nitro benzene ring substituents is 1. The molecule has 1 atom stereocenters. The second-order valence-corrected chi connectivity index (χ2v) is 6.70. The number of sulfonamides is 1. The van der Waals surface area contributed by atoms with Crippen molar-refractivity contribution in [2.75, 3.05) is 24.5 Å². The van der Waals surface area contributed by atoms with Crippen LogP contribution in [0, 0.1) is 10.1 Å². The Morgan fingerprint density at radius 1 is 1.48 bits per heavy atom. The highest BCUT2D eigenvalue weighted by Gasteiger charge is 2.30. The summed E-state index contributed by atoms with van der Waals surface area (Å²) in [5.41, 5.74) is -0.611. The molecule has 1 unspecified atom stereocenters. The third-order valence-corrected chi connectivity index (χ3v) is 4.50. The molecular formula is C12H16F2N4O4S. The van der Waals surface area contributed by atoms with E-state index in [0.29, 0.717) is 19.5 Å². The van der Waals surface area contributed by atoms with Gasteiger partial charge in [-0.1, -0.05) is 0 Å². The molecule has 0 radical (unpaired) electrons. The molecule has 0 saturated carbocycles. The number of nitrogens with two attached hydrogens (primary N) is 1. The topological polar surface area (TPSA) is 119 Å². The van der Waals surface area contributed by atoms with Crippen molar-refractivity contribution >= 4 is 21.4 Å². The normalized spacial score (nSPS) is 18.3. The molecule has 0 aromatic heterocycles. The molecule has 1 aromatic rings. The molecule has 11 heteroatoms. The molecule has 1 aromatic carbocycles. The minimum atomic E-state index is -4.13. The van der Waals surface area contributed by atoms with E-state index in [2.05, 4.69) is 5.32 Å². The van der Waals surface area contributed by atoms with E-state index in [9.17, 15) is 27.3 Å². The van der Waals surface area contributed by atoms with Crippen molar-refractivity contribution in [1.82, 2.24) is 5.32 Å². The van der Waals surface area contributed by atoms with Crippen LogP contribution in [0.1, 0.15) is 6.42 Å². The standard InChI is InChI=1S/C12H16F2N4O4S/c13-12(14)7-17(8-3-4-16-6-8)10-2-1-9(23(15,21)22)5-11(10)18(19)20/h1-2,5,8,12,16H,3-4,6-7H2,(H2,15,21,22). The third-order valence-electron chi connectivity index (χ3n) is 3.59. The fourth-order valence-electron chi connectivity index (χ4n) is 2.57. The smallest absolute Gasteiger partial charge is 0.293 e. The average Bonchev–Trinajstić information content (AvgIpc) is 2.96. The molecule has 23 heavy (non-hydrogen) atoms. The number of rotatable bonds is 6. The summed E-state index contributed by atoms with van der Waals surface area (Å²) in [6, 6.07) is 2.70. The molecule has 1 fully saturated rings. The molecule has 8 nitrogen and oxygen atoms in total. The molecule has 0 amide bonds. The van der Waals surface area contributed by atoms with E-state index in [1.54, 1.807) is 0 Å². The zero-order valence-corrected chi connectivity index (χ0v) is 12.8. The van der Waals surface area contributed by atoms with Crippen LogP contribution in [0.3, 0.4) is 0 Å². The minimum absolute atomic E-state index is 0.0450. The maximum atomic E-state index is 12.9. The number of anilines is 1. The van der Waals surface area contributed by atoms with Gasteiger partial charge >= 0.3 is 0 Å². The molecular weight excluding hydrogens is 334 g/mol. The number of hydrogen-bond acceptors (Lipinski definition) is 6. The summed E-state index contributed by atoms with van der Waals surface area (Å²) < 4.78 is 48.4. The Balaban J connectivity index is 2.50. The molecule has 0 spiro atoms. The number of nitrogens with zero attached hydrogens (tertiary/aromatic N) is 2. The van der Waals surface area contributed by atoms with Crippen LogP contribution < -0.4 is 15.4 Å². The van der Waals surface area contributed by atoms with E-state index in [-0.39, 0.29) is 11.7 Å². The van der Waals surface area contributed by atoms with Gasteiger partial charge in [0.05, 0.1) is 16.4 Å². The molecule has 1 aliphatic rings. The second-order valence-electron chi connectivity index (χ2n) is 5.14. The van der Waals surface area contributed by atoms with Gasteiger partial charge in [-0.05, 0) is 25.1 Å². The molecule has 1 heterocycles. The lowest BCUT2D eigenvalue weighted by molar-refractivity contribution is -0.384. The highest BCUT2D eigenvalue weighted by atomic mass is 32.2. The summed E-state index contributed by atoms with van der Waals surface area (Å²) >= 11 is 0. The lowest BCUT2D eigenvalue weighted by atomic mass is 10.1. The van der Waals surface area contributed by atoms with Gasteiger partial charge in [0, 0.05) is 18.7 Å². The van der Waals surface area contributed by atoms with E-state index < -0.39 is 38.5 Å². The number of halogens is 2. The summed E-state index contributed by atoms with van der Waals surface area (Å²) in [4.78, 5) is 11.3. The number of benzene rings is 1. The van der Waals surface area contributed by atoms with Crippen LogP contribution in [0.5, 0.6) is 0 Å². The molecule has 0 bridgehead atoms. The van der Waals surface area contributed by atoms with Crippen LogP contribution in [0.4, 0.5) is 20.2 Å². The van der Waals surface area contributed by atoms with Gasteiger partial charge in [0.2, 0.25) is 10.0 Å². The van der Waals surface area contributed by atoms with Crippen molar-refractivity contribution < 1.29 is 22.1 Å². The Morgan fingerprint density at radius 3 is 2.65 bits per heavy atom. The van der Waals surface area contributed by atoms with Gasteiger partial charge in [-0.3, -0.25) is 10.1 Å². The fraction of sp³-hybridized carbons (Fsp3) is 0.500. The zero-order valence-electron chi connectivity index (χ0n) is 12.0. The van der Waals surface area contributed by atoms with E-state index in [4.69, 9.17) is 5.14 Å². The van der Waals surface area contributed by atoms with Crippen molar-refractivity contribution in [3.05, 3.63) is 28.3 Å². The van der Waals surface area contributed by atoms with Crippen LogP contribution in [0.2, 0.25) is 0 Å². The maximum absolute atomic E-state index is 12.9. The van der Waals surface area contributed by atoms with Crippen molar-refractivity contribution in [1.29, 1.82) is 0 Å². The van der Waals surface area contributed by atoms with E-state index in [1.165, 1.54) is 4.90 Å². The number of alkyl halides is 2. The molecule has 128 valence electrons. The first kappa shape index (κ1) is 17.5. The first-order valence-electron chi connectivity index (χ1n) is 6.77. The summed E-state index contributed by atoms with van der Waals surface area (Å²) in [5, 5.41) is 19.2. The first-order chi connectivity index (χ1) is 10.7. The highest BCUT2D eigenvalue weighted by Crippen LogP contribution is 2.33. The van der Waals surface area contributed by atoms with Crippen molar-refractivity contribution in [3.8, 4) is 0 Å². The first-order valence-corrected chi connectivity index (χ1v) is 8.31. The average molecular weight is 350 g/mol. The van der Waals surface area contributed by atoms with Gasteiger partial charge in [-0.25, -0.2) is 22.3 Å². The van der Waals surface area contributed by atoms with Gasteiger partial charge < -0.3 is 10.2 Å². The summed E-state index contributed by atoms with van der Waals surface area (Å²) in [7, 11) is -4.13. The number of nitrogens with one attached hydrogen (secondary N) is 1. The summed E-state index contributed by atoms with van der Waals surface area (Å²) in [5.74, 6) is 0. The lowest BCUT2D eigenvalue weighted by Gasteiger charge is -2.30. The van der Waals surface area contributed by atoms with Crippen molar-refractivity contribution in [2.24, 2.45) is 5.14 Å². The second kappa shape index (κ2) is 6.72. The predicted octanol–water partition coefficient (Wildman–Crippen LogP) is 0.676. The zero-order chi connectivity index (χ0) is 17.2. The van der Waals surface area contributed by atoms with E-state index in [0.717, 1.165) is 18.2 Å². The Labute approximate surface area is 131 Å². The van der Waals surface area contributed by atoms with Gasteiger partial charge in [-0.2, -0.15) is 0 Å². The number of nitro groups is 1. The Kier molecular flexibility index (Phi) is 5.12. The van der Waals surface area contributed by atoms with Crippen LogP contribution >= 0.6 is 0 Å². The SMILES string of the molecule is NS(=O)(=O)c1ccc(N(CC(F)F)C2CCNC2)c([N+](=O)[O-])c1. The molecule has 1 aliphatic heterocycles. The molecule has 2 rings (SSSR count). The van der Waals surface area contributed by atoms with Crippen LogP contribution in [-0.4, -0.2) is 45.4 Å². The van der Waals surface area contributed by atoms with Crippen LogP contribution in [-0.2, 0) is 10.0 Å². The predicted molar refractivity (Wildman–Crippen MR) is 79.1 cm³/mol. The molecule has 0 aliphatic carbocycles. The number of hydrogen-bond donors (Lipinski definition) is 2. The van der Waals surface area contributed by atoms with E-state index in [1.807, 2.05) is 0 Å². The van der Waals surface area contributed by atoms with Gasteiger partial charge in [-0.15, -0.1) is 0 Å². The van der Waals surface area contributed by atoms with E-state index >= 15 is 0 Å². The van der Waals surface area contributed by atoms with Crippen molar-refractivity contribution in [2.45, 2.75) is 23.8 Å². The summed E-state index contributed by atoms with van der Waals surface area (Å²) in [6.07, 6.45) is -2.13. The molecule has 3 N–H and O–H groups in total. The van der Waals surface area contributed by atoms with Crippen LogP contribution in [0.25, 0.3) is 0 Å². The maximum Gasteiger partial charge on any atom is 0.293 e. The minimum Gasteiger partial charge on any atom is -0.356 e. The Bertz CT molecular complexity index is 692. The highest BCUT2D eigenvalue weighted by molar-refractivity contribution is 7.89. The monoisotopic (exact) mass is 350 g/mol. The summed E-state index contributed by atoms with van der Waals surface area (Å²) in [6.45, 7) is 0.357. The third kappa shape index (κ3) is 4.12. The molecule has 1 saturated heterocycles. The van der Waals surface area contributed by atoms with Gasteiger partial charge in [0.15, 0.2) is 0 Å². The van der Waals surface area contributed by atoms with Gasteiger partial charge in [0.25, 0.3) is 12.1 Å². The number of primary sulfonamides is 1. The lowest BCUT2D eigenvalue weighted by Crippen LogP contribution is -2.40. The quantitative estimate of drug-likeness (QED) is 0.575. The Hall–Kier alpha value is -1.85. The van der Waals surface area contributed by atoms with Crippen molar-refractivity contribution in [3.63, 3.8) is 0 Å². The van der Waals surface area contributed by atoms with Gasteiger partial charge in [0.1, 0.15) is 5.69 Å². The fourth-order valence-corrected chi connectivity index (χ4v) is 3.10. The largest absolute Gasteiger partial charge is 0.356 e.